The van der Waals surface area contributed by atoms with Gasteiger partial charge in [0.25, 0.3) is 5.91 Å². The van der Waals surface area contributed by atoms with Crippen molar-refractivity contribution < 1.29 is 14.4 Å². The molecule has 1 N–H and O–H groups in total. The summed E-state index contributed by atoms with van der Waals surface area (Å²) in [4.78, 5) is 40.9. The summed E-state index contributed by atoms with van der Waals surface area (Å²) in [5.41, 5.74) is 2.98. The van der Waals surface area contributed by atoms with Gasteiger partial charge in [-0.05, 0) is 44.2 Å². The van der Waals surface area contributed by atoms with Crippen LogP contribution in [0.2, 0.25) is 0 Å². The van der Waals surface area contributed by atoms with Crippen LogP contribution in [0.3, 0.4) is 0 Å². The minimum absolute atomic E-state index is 0.0215. The highest BCUT2D eigenvalue weighted by atomic mass is 16.2. The minimum atomic E-state index is -0.312. The Morgan fingerprint density at radius 3 is 2.35 bits per heavy atom. The van der Waals surface area contributed by atoms with Crippen molar-refractivity contribution in [2.45, 2.75) is 66.5 Å². The van der Waals surface area contributed by atoms with E-state index in [4.69, 9.17) is 0 Å². The third-order valence-corrected chi connectivity index (χ3v) is 5.33. The van der Waals surface area contributed by atoms with Crippen LogP contribution in [0.4, 0.5) is 5.69 Å². The quantitative estimate of drug-likeness (QED) is 0.699. The molecule has 2 aliphatic rings. The van der Waals surface area contributed by atoms with Gasteiger partial charge in [0, 0.05) is 56.4 Å². The summed E-state index contributed by atoms with van der Waals surface area (Å²) in [6, 6.07) is 6.04. The molecule has 2 aliphatic heterocycles. The van der Waals surface area contributed by atoms with Crippen molar-refractivity contribution >= 4 is 23.9 Å². The molecule has 3 amide bonds. The van der Waals surface area contributed by atoms with Crippen molar-refractivity contribution in [2.24, 2.45) is 0 Å². The zero-order valence-electron chi connectivity index (χ0n) is 20.1. The molecule has 0 saturated carbocycles. The standard InChI is InChI=1S/C19H26N4O3.C3H8.C2H6/c1-14(3-6-18(25)20-13-24)23-12-15-11-16(4-5-17(15)19(23)26)22-9-7-21(2)8-10-22;1-3-2;1-2/h4-5,11,13-14H,3,6-10,12H2,1-2H3,(H,20,24,25);3H2,1-2H3;1-2H3. The molecule has 1 aromatic rings. The number of fused-ring (bicyclic) bond motifs is 1. The number of anilines is 1. The average molecular weight is 433 g/mol. The fourth-order valence-electron chi connectivity index (χ4n) is 3.58. The van der Waals surface area contributed by atoms with Crippen molar-refractivity contribution in [1.82, 2.24) is 15.1 Å². The minimum Gasteiger partial charge on any atom is -0.369 e. The summed E-state index contributed by atoms with van der Waals surface area (Å²) in [6.45, 7) is 14.8. The van der Waals surface area contributed by atoms with E-state index in [0.717, 1.165) is 37.3 Å². The maximum Gasteiger partial charge on any atom is 0.254 e. The molecular formula is C24H40N4O3. The lowest BCUT2D eigenvalue weighted by atomic mass is 10.1. The fraction of sp³-hybridized carbons (Fsp3) is 0.625. The van der Waals surface area contributed by atoms with E-state index in [9.17, 15) is 14.4 Å². The second-order valence-electron chi connectivity index (χ2n) is 7.84. The number of rotatable bonds is 6. The molecule has 7 heteroatoms. The lowest BCUT2D eigenvalue weighted by Crippen LogP contribution is -2.44. The number of carbonyl (C=O) groups is 3. The Kier molecular flexibility index (Phi) is 11.9. The molecule has 1 saturated heterocycles. The van der Waals surface area contributed by atoms with E-state index in [1.807, 2.05) is 37.8 Å². The number of benzene rings is 1. The summed E-state index contributed by atoms with van der Waals surface area (Å²) < 4.78 is 0. The predicted molar refractivity (Wildman–Crippen MR) is 126 cm³/mol. The lowest BCUT2D eigenvalue weighted by molar-refractivity contribution is -0.125. The van der Waals surface area contributed by atoms with Crippen LogP contribution in [0.1, 0.15) is 69.8 Å². The van der Waals surface area contributed by atoms with E-state index in [0.29, 0.717) is 19.4 Å². The van der Waals surface area contributed by atoms with Crippen LogP contribution in [-0.4, -0.2) is 67.3 Å². The number of nitrogens with zero attached hydrogens (tertiary/aromatic N) is 3. The van der Waals surface area contributed by atoms with E-state index in [1.54, 1.807) is 0 Å². The highest BCUT2D eigenvalue weighted by Gasteiger charge is 2.31. The first kappa shape index (κ1) is 26.6. The first-order valence-electron chi connectivity index (χ1n) is 11.5. The van der Waals surface area contributed by atoms with Crippen LogP contribution in [0.15, 0.2) is 18.2 Å². The molecule has 0 aromatic heterocycles. The topological polar surface area (TPSA) is 73.0 Å². The van der Waals surface area contributed by atoms with Crippen LogP contribution in [0.5, 0.6) is 0 Å². The van der Waals surface area contributed by atoms with Gasteiger partial charge >= 0.3 is 0 Å². The van der Waals surface area contributed by atoms with E-state index in [-0.39, 0.29) is 24.3 Å². The maximum absolute atomic E-state index is 12.7. The molecule has 1 unspecified atom stereocenters. The van der Waals surface area contributed by atoms with Gasteiger partial charge in [-0.2, -0.15) is 0 Å². The van der Waals surface area contributed by atoms with Gasteiger partial charge in [0.05, 0.1) is 0 Å². The van der Waals surface area contributed by atoms with Crippen LogP contribution in [0, 0.1) is 0 Å². The van der Waals surface area contributed by atoms with Crippen molar-refractivity contribution in [1.29, 1.82) is 0 Å². The number of hydrogen-bond donors (Lipinski definition) is 1. The van der Waals surface area contributed by atoms with E-state index < -0.39 is 0 Å². The molecule has 31 heavy (non-hydrogen) atoms. The first-order valence-corrected chi connectivity index (χ1v) is 11.5. The Morgan fingerprint density at radius 1 is 1.16 bits per heavy atom. The summed E-state index contributed by atoms with van der Waals surface area (Å²) >= 11 is 0. The number of carbonyl (C=O) groups excluding carboxylic acids is 3. The zero-order chi connectivity index (χ0) is 23.4. The summed E-state index contributed by atoms with van der Waals surface area (Å²) in [6.07, 6.45) is 2.40. The molecule has 0 bridgehead atoms. The smallest absolute Gasteiger partial charge is 0.254 e. The fourth-order valence-corrected chi connectivity index (χ4v) is 3.58. The number of likely N-dealkylation sites (N-methyl/N-ethyl adjacent to an activating group) is 1. The second kappa shape index (κ2) is 13.8. The Hall–Kier alpha value is -2.41. The Balaban J connectivity index is 0.000000884. The average Bonchev–Trinajstić information content (AvgIpc) is 3.11. The van der Waals surface area contributed by atoms with Crippen molar-refractivity contribution in [3.05, 3.63) is 29.3 Å². The number of piperazine rings is 1. The highest BCUT2D eigenvalue weighted by Crippen LogP contribution is 2.30. The Labute approximate surface area is 187 Å². The Morgan fingerprint density at radius 2 is 1.77 bits per heavy atom. The van der Waals surface area contributed by atoms with Gasteiger partial charge < -0.3 is 14.7 Å². The van der Waals surface area contributed by atoms with Crippen LogP contribution >= 0.6 is 0 Å². The van der Waals surface area contributed by atoms with E-state index >= 15 is 0 Å². The van der Waals surface area contributed by atoms with Crippen LogP contribution in [-0.2, 0) is 16.1 Å². The van der Waals surface area contributed by atoms with Gasteiger partial charge in [0.2, 0.25) is 12.3 Å². The molecule has 1 fully saturated rings. The van der Waals surface area contributed by atoms with Gasteiger partial charge in [-0.25, -0.2) is 0 Å². The molecule has 7 nitrogen and oxygen atoms in total. The molecule has 2 heterocycles. The molecule has 3 rings (SSSR count). The molecular weight excluding hydrogens is 392 g/mol. The number of hydrogen-bond acceptors (Lipinski definition) is 5. The van der Waals surface area contributed by atoms with Crippen LogP contribution < -0.4 is 10.2 Å². The number of nitrogens with one attached hydrogen (secondary N) is 1. The molecule has 1 atom stereocenters. The molecule has 174 valence electrons. The third kappa shape index (κ3) is 7.65. The van der Waals surface area contributed by atoms with Gasteiger partial charge in [0.15, 0.2) is 0 Å². The third-order valence-electron chi connectivity index (χ3n) is 5.33. The largest absolute Gasteiger partial charge is 0.369 e. The SMILES string of the molecule is CC.CC(CCC(=O)NC=O)N1Cc2cc(N3CCN(C)CC3)ccc2C1=O.CCC. The monoisotopic (exact) mass is 432 g/mol. The second-order valence-corrected chi connectivity index (χ2v) is 7.84. The normalized spacial score (nSPS) is 16.4. The first-order chi connectivity index (χ1) is 14.9. The van der Waals surface area contributed by atoms with Crippen molar-refractivity contribution in [3.8, 4) is 0 Å². The molecule has 0 spiro atoms. The number of imide groups is 1. The van der Waals surface area contributed by atoms with Crippen molar-refractivity contribution in [2.75, 3.05) is 38.1 Å². The number of amides is 3. The molecule has 1 aromatic carbocycles. The van der Waals surface area contributed by atoms with Gasteiger partial charge in [-0.1, -0.05) is 34.1 Å². The Bertz CT molecular complexity index is 715. The van der Waals surface area contributed by atoms with Gasteiger partial charge in [-0.3, -0.25) is 19.7 Å². The summed E-state index contributed by atoms with van der Waals surface area (Å²) in [5, 5.41) is 2.13. The maximum atomic E-state index is 12.7. The molecule has 0 aliphatic carbocycles. The lowest BCUT2D eigenvalue weighted by Gasteiger charge is -2.34. The predicted octanol–water partition coefficient (Wildman–Crippen LogP) is 3.28. The van der Waals surface area contributed by atoms with Crippen molar-refractivity contribution in [3.63, 3.8) is 0 Å². The molecule has 0 radical (unpaired) electrons. The van der Waals surface area contributed by atoms with E-state index in [2.05, 4.69) is 42.1 Å². The summed E-state index contributed by atoms with van der Waals surface area (Å²) in [5.74, 6) is -0.290. The van der Waals surface area contributed by atoms with Crippen LogP contribution in [0.25, 0.3) is 0 Å². The zero-order valence-corrected chi connectivity index (χ0v) is 20.1. The van der Waals surface area contributed by atoms with Gasteiger partial charge in [0.1, 0.15) is 0 Å². The highest BCUT2D eigenvalue weighted by molar-refractivity contribution is 5.99. The van der Waals surface area contributed by atoms with E-state index in [1.165, 1.54) is 12.1 Å². The van der Waals surface area contributed by atoms with Gasteiger partial charge in [-0.15, -0.1) is 0 Å². The summed E-state index contributed by atoms with van der Waals surface area (Å²) in [7, 11) is 2.13.